The molecule has 0 saturated heterocycles. The van der Waals surface area contributed by atoms with E-state index in [1.807, 2.05) is 57.3 Å². The first kappa shape index (κ1) is 25.9. The van der Waals surface area contributed by atoms with Gasteiger partial charge in [0.1, 0.15) is 11.4 Å². The largest absolute Gasteiger partial charge is 0.350 e. The molecule has 2 aromatic heterocycles. The quantitative estimate of drug-likeness (QED) is 0.415. The second kappa shape index (κ2) is 12.1. The Labute approximate surface area is 207 Å². The van der Waals surface area contributed by atoms with Crippen molar-refractivity contribution in [1.82, 2.24) is 20.2 Å². The molecule has 7 heteroatoms. The lowest BCUT2D eigenvalue weighted by Gasteiger charge is -2.12. The van der Waals surface area contributed by atoms with E-state index >= 15 is 0 Å². The first-order valence-corrected chi connectivity index (χ1v) is 12.1. The minimum absolute atomic E-state index is 0.210. The van der Waals surface area contributed by atoms with E-state index in [0.717, 1.165) is 34.3 Å². The van der Waals surface area contributed by atoms with E-state index in [2.05, 4.69) is 38.2 Å². The van der Waals surface area contributed by atoms with Gasteiger partial charge in [0.15, 0.2) is 0 Å². The lowest BCUT2D eigenvalue weighted by atomic mass is 10.1. The van der Waals surface area contributed by atoms with Crippen LogP contribution in [0.4, 0.5) is 0 Å². The zero-order valence-corrected chi connectivity index (χ0v) is 21.3. The number of hydrogen-bond donors (Lipinski definition) is 2. The third-order valence-corrected chi connectivity index (χ3v) is 5.71. The minimum atomic E-state index is -0.321. The fourth-order valence-electron chi connectivity index (χ4n) is 3.78. The van der Waals surface area contributed by atoms with Gasteiger partial charge in [-0.2, -0.15) is 0 Å². The zero-order chi connectivity index (χ0) is 25.4. The van der Waals surface area contributed by atoms with Crippen LogP contribution in [0.5, 0.6) is 0 Å². The maximum Gasteiger partial charge on any atom is 0.269 e. The molecular weight excluding hydrogens is 438 g/mol. The van der Waals surface area contributed by atoms with Crippen LogP contribution in [0.2, 0.25) is 0 Å². The molecule has 0 bridgehead atoms. The van der Waals surface area contributed by atoms with Gasteiger partial charge in [0, 0.05) is 61.5 Å². The standard InChI is InChI=1S/C28H35N5O2/c1-6-7-11-22(29-4)13-14-30-27(34)23-15-21(16-24(32-23)28(35)31-18-19(2)3)26-17-20-10-8-9-12-25(20)33(26)5/h7-12,15-17,19H,6,13-14,18H2,1-5H3,(H,30,34)(H,31,35)/b11-7-,29-22?. The molecule has 0 fully saturated rings. The molecule has 184 valence electrons. The molecule has 0 aliphatic rings. The smallest absolute Gasteiger partial charge is 0.269 e. The summed E-state index contributed by atoms with van der Waals surface area (Å²) < 4.78 is 2.06. The van der Waals surface area contributed by atoms with Crippen LogP contribution in [0, 0.1) is 5.92 Å². The Bertz CT molecular complexity index is 1250. The number of rotatable bonds is 10. The van der Waals surface area contributed by atoms with Crippen LogP contribution in [-0.2, 0) is 7.05 Å². The molecule has 2 N–H and O–H groups in total. The highest BCUT2D eigenvalue weighted by molar-refractivity contribution is 5.99. The lowest BCUT2D eigenvalue weighted by Crippen LogP contribution is -2.30. The van der Waals surface area contributed by atoms with Crippen molar-refractivity contribution in [3.63, 3.8) is 0 Å². The number of nitrogens with one attached hydrogen (secondary N) is 2. The highest BCUT2D eigenvalue weighted by Crippen LogP contribution is 2.28. The topological polar surface area (TPSA) is 88.4 Å². The number of carbonyl (C=O) groups excluding carboxylic acids is 2. The summed E-state index contributed by atoms with van der Waals surface area (Å²) in [6.07, 6.45) is 5.56. The van der Waals surface area contributed by atoms with Crippen LogP contribution in [0.25, 0.3) is 22.2 Å². The van der Waals surface area contributed by atoms with Crippen LogP contribution in [-0.4, -0.2) is 47.2 Å². The second-order valence-electron chi connectivity index (χ2n) is 8.91. The molecule has 0 unspecified atom stereocenters. The van der Waals surface area contributed by atoms with Gasteiger partial charge in [-0.1, -0.05) is 45.0 Å². The van der Waals surface area contributed by atoms with Crippen LogP contribution >= 0.6 is 0 Å². The van der Waals surface area contributed by atoms with Gasteiger partial charge < -0.3 is 15.2 Å². The van der Waals surface area contributed by atoms with E-state index in [-0.39, 0.29) is 23.2 Å². The van der Waals surface area contributed by atoms with E-state index < -0.39 is 0 Å². The highest BCUT2D eigenvalue weighted by Gasteiger charge is 2.18. The molecular formula is C28H35N5O2. The zero-order valence-electron chi connectivity index (χ0n) is 21.3. The summed E-state index contributed by atoms with van der Waals surface area (Å²) in [5.41, 5.74) is 4.09. The van der Waals surface area contributed by atoms with Crippen molar-refractivity contribution in [2.45, 2.75) is 33.6 Å². The average Bonchev–Trinajstić information content (AvgIpc) is 3.20. The van der Waals surface area contributed by atoms with E-state index in [4.69, 9.17) is 0 Å². The maximum atomic E-state index is 13.0. The van der Waals surface area contributed by atoms with Gasteiger partial charge >= 0.3 is 0 Å². The fourth-order valence-corrected chi connectivity index (χ4v) is 3.78. The molecule has 0 spiro atoms. The van der Waals surface area contributed by atoms with Gasteiger partial charge in [-0.25, -0.2) is 4.98 Å². The number of carbonyl (C=O) groups is 2. The van der Waals surface area contributed by atoms with Crippen molar-refractivity contribution in [2.75, 3.05) is 20.1 Å². The Hall–Kier alpha value is -3.74. The van der Waals surface area contributed by atoms with Crippen LogP contribution in [0.3, 0.4) is 0 Å². The normalized spacial score (nSPS) is 12.0. The number of hydrogen-bond acceptors (Lipinski definition) is 4. The molecule has 35 heavy (non-hydrogen) atoms. The minimum Gasteiger partial charge on any atom is -0.350 e. The highest BCUT2D eigenvalue weighted by atomic mass is 16.2. The van der Waals surface area contributed by atoms with E-state index in [0.29, 0.717) is 25.4 Å². The predicted octanol–water partition coefficient (Wildman–Crippen LogP) is 4.78. The number of pyridine rings is 1. The Morgan fingerprint density at radius 2 is 1.77 bits per heavy atom. The van der Waals surface area contributed by atoms with E-state index in [1.165, 1.54) is 0 Å². The Kier molecular flexibility index (Phi) is 8.95. The Morgan fingerprint density at radius 3 is 2.40 bits per heavy atom. The number of aliphatic imine (C=N–C) groups is 1. The first-order chi connectivity index (χ1) is 16.8. The van der Waals surface area contributed by atoms with Crippen molar-refractivity contribution in [1.29, 1.82) is 0 Å². The molecule has 7 nitrogen and oxygen atoms in total. The third kappa shape index (κ3) is 6.66. The summed E-state index contributed by atoms with van der Waals surface area (Å²) in [5.74, 6) is -0.309. The maximum absolute atomic E-state index is 13.0. The van der Waals surface area contributed by atoms with E-state index in [9.17, 15) is 9.59 Å². The molecule has 1 aromatic carbocycles. The fraction of sp³-hybridized carbons (Fsp3) is 0.357. The molecule has 0 aliphatic carbocycles. The molecule has 2 amide bonds. The van der Waals surface area contributed by atoms with Crippen LogP contribution < -0.4 is 10.6 Å². The second-order valence-corrected chi connectivity index (χ2v) is 8.91. The van der Waals surface area contributed by atoms with Crippen LogP contribution in [0.15, 0.2) is 59.6 Å². The van der Waals surface area contributed by atoms with Gasteiger partial charge in [0.25, 0.3) is 11.8 Å². The summed E-state index contributed by atoms with van der Waals surface area (Å²) in [6.45, 7) is 7.08. The number of allylic oxidation sites excluding steroid dienone is 2. The monoisotopic (exact) mass is 473 g/mol. The molecule has 0 saturated carbocycles. The number of aromatic nitrogens is 2. The summed E-state index contributed by atoms with van der Waals surface area (Å²) in [7, 11) is 3.72. The number of aryl methyl sites for hydroxylation is 1. The lowest BCUT2D eigenvalue weighted by molar-refractivity contribution is 0.0941. The summed E-state index contributed by atoms with van der Waals surface area (Å²) >= 11 is 0. The van der Waals surface area contributed by atoms with Crippen molar-refractivity contribution < 1.29 is 9.59 Å². The van der Waals surface area contributed by atoms with Gasteiger partial charge in [0.05, 0.1) is 0 Å². The van der Waals surface area contributed by atoms with Gasteiger partial charge in [-0.3, -0.25) is 14.6 Å². The molecule has 0 atom stereocenters. The summed E-state index contributed by atoms with van der Waals surface area (Å²) in [4.78, 5) is 34.6. The summed E-state index contributed by atoms with van der Waals surface area (Å²) in [5, 5.41) is 6.92. The van der Waals surface area contributed by atoms with Gasteiger partial charge in [0.2, 0.25) is 0 Å². The first-order valence-electron chi connectivity index (χ1n) is 12.1. The average molecular weight is 474 g/mol. The number of benzene rings is 1. The Balaban J connectivity index is 1.92. The van der Waals surface area contributed by atoms with Crippen molar-refractivity contribution >= 4 is 28.4 Å². The van der Waals surface area contributed by atoms with Crippen molar-refractivity contribution in [2.24, 2.45) is 18.0 Å². The molecule has 0 aliphatic heterocycles. The third-order valence-electron chi connectivity index (χ3n) is 5.71. The number of amides is 2. The number of nitrogens with zero attached hydrogens (tertiary/aromatic N) is 3. The molecule has 0 radical (unpaired) electrons. The van der Waals surface area contributed by atoms with Gasteiger partial charge in [-0.15, -0.1) is 0 Å². The van der Waals surface area contributed by atoms with E-state index in [1.54, 1.807) is 19.2 Å². The van der Waals surface area contributed by atoms with Crippen molar-refractivity contribution in [3.8, 4) is 11.3 Å². The number of para-hydroxylation sites is 1. The van der Waals surface area contributed by atoms with Crippen molar-refractivity contribution in [3.05, 3.63) is 66.0 Å². The molecule has 3 rings (SSSR count). The Morgan fingerprint density at radius 1 is 1.09 bits per heavy atom. The number of fused-ring (bicyclic) bond motifs is 1. The molecule has 2 heterocycles. The predicted molar refractivity (Wildman–Crippen MR) is 143 cm³/mol. The van der Waals surface area contributed by atoms with Gasteiger partial charge in [-0.05, 0) is 42.7 Å². The SMILES string of the molecule is CC/C=C\C(CCNC(=O)c1cc(-c2cc3ccccc3n2C)cc(C(=O)NCC(C)C)n1)=NC. The summed E-state index contributed by atoms with van der Waals surface area (Å²) in [6, 6.07) is 13.6. The van der Waals surface area contributed by atoms with Crippen LogP contribution in [0.1, 0.15) is 54.6 Å². The molecule has 3 aromatic rings.